The molecule has 0 aliphatic carbocycles. The predicted octanol–water partition coefficient (Wildman–Crippen LogP) is 0.248. The van der Waals surface area contributed by atoms with E-state index in [1.807, 2.05) is 6.92 Å². The van der Waals surface area contributed by atoms with Gasteiger partial charge < -0.3 is 20.1 Å². The van der Waals surface area contributed by atoms with Gasteiger partial charge in [0.2, 0.25) is 5.89 Å². The molecular formula is C10H19N3O3. The van der Waals surface area contributed by atoms with Crippen molar-refractivity contribution in [3.8, 4) is 0 Å². The highest BCUT2D eigenvalue weighted by molar-refractivity contribution is 4.91. The van der Waals surface area contributed by atoms with E-state index in [1.54, 1.807) is 6.92 Å². The second-order valence-corrected chi connectivity index (χ2v) is 4.03. The zero-order chi connectivity index (χ0) is 12.0. The summed E-state index contributed by atoms with van der Waals surface area (Å²) in [5, 5.41) is 13.5. The second kappa shape index (κ2) is 5.93. The van der Waals surface area contributed by atoms with Gasteiger partial charge >= 0.3 is 0 Å². The Morgan fingerprint density at radius 1 is 1.56 bits per heavy atom. The van der Waals surface area contributed by atoms with Gasteiger partial charge in [0, 0.05) is 13.2 Å². The molecule has 1 unspecified atom stereocenters. The molecule has 0 radical (unpaired) electrons. The maximum atomic E-state index is 9.72. The summed E-state index contributed by atoms with van der Waals surface area (Å²) in [6.45, 7) is 4.81. The van der Waals surface area contributed by atoms with Gasteiger partial charge in [0.05, 0.1) is 12.0 Å². The molecule has 6 heteroatoms. The van der Waals surface area contributed by atoms with Crippen molar-refractivity contribution in [1.29, 1.82) is 0 Å². The SMILES string of the molecule is CCCOCc1noc(CC(C)(O)CN)n1. The lowest BCUT2D eigenvalue weighted by Crippen LogP contribution is -2.36. The van der Waals surface area contributed by atoms with Gasteiger partial charge in [-0.1, -0.05) is 12.1 Å². The Morgan fingerprint density at radius 2 is 2.31 bits per heavy atom. The molecule has 0 aliphatic rings. The fraction of sp³-hybridized carbons (Fsp3) is 0.800. The standard InChI is InChI=1S/C10H19N3O3/c1-3-4-15-6-8-12-9(16-13-8)5-10(2,14)7-11/h14H,3-7,11H2,1-2H3. The molecule has 1 aromatic rings. The van der Waals surface area contributed by atoms with Crippen molar-refractivity contribution < 1.29 is 14.4 Å². The summed E-state index contributed by atoms with van der Waals surface area (Å²) in [6, 6.07) is 0. The predicted molar refractivity (Wildman–Crippen MR) is 57.6 cm³/mol. The van der Waals surface area contributed by atoms with E-state index in [1.165, 1.54) is 0 Å². The Hall–Kier alpha value is -0.980. The molecular weight excluding hydrogens is 210 g/mol. The highest BCUT2D eigenvalue weighted by Crippen LogP contribution is 2.10. The van der Waals surface area contributed by atoms with Crippen molar-refractivity contribution in [3.63, 3.8) is 0 Å². The van der Waals surface area contributed by atoms with Gasteiger partial charge in [0.25, 0.3) is 0 Å². The van der Waals surface area contributed by atoms with Crippen LogP contribution in [-0.4, -0.2) is 34.0 Å². The van der Waals surface area contributed by atoms with Crippen LogP contribution in [0.2, 0.25) is 0 Å². The number of rotatable bonds is 7. The number of aromatic nitrogens is 2. The number of hydrogen-bond donors (Lipinski definition) is 2. The van der Waals surface area contributed by atoms with Crippen LogP contribution in [0.15, 0.2) is 4.52 Å². The molecule has 0 amide bonds. The molecule has 92 valence electrons. The minimum atomic E-state index is -1.01. The molecule has 1 atom stereocenters. The number of ether oxygens (including phenoxy) is 1. The van der Waals surface area contributed by atoms with E-state index in [-0.39, 0.29) is 13.0 Å². The molecule has 0 aromatic carbocycles. The summed E-state index contributed by atoms with van der Waals surface area (Å²) >= 11 is 0. The van der Waals surface area contributed by atoms with Crippen LogP contribution in [0, 0.1) is 0 Å². The number of nitrogens with two attached hydrogens (primary N) is 1. The quantitative estimate of drug-likeness (QED) is 0.651. The maximum Gasteiger partial charge on any atom is 0.229 e. The average molecular weight is 229 g/mol. The van der Waals surface area contributed by atoms with E-state index in [2.05, 4.69) is 10.1 Å². The molecule has 0 spiro atoms. The zero-order valence-corrected chi connectivity index (χ0v) is 9.77. The normalized spacial score (nSPS) is 15.0. The summed E-state index contributed by atoms with van der Waals surface area (Å²) in [7, 11) is 0. The van der Waals surface area contributed by atoms with Gasteiger partial charge in [-0.15, -0.1) is 0 Å². The lowest BCUT2D eigenvalue weighted by molar-refractivity contribution is 0.0610. The Morgan fingerprint density at radius 3 is 2.94 bits per heavy atom. The molecule has 0 fully saturated rings. The van der Waals surface area contributed by atoms with Gasteiger partial charge in [-0.25, -0.2) is 0 Å². The lowest BCUT2D eigenvalue weighted by Gasteiger charge is -2.17. The maximum absolute atomic E-state index is 9.72. The molecule has 1 aromatic heterocycles. The van der Waals surface area contributed by atoms with Crippen molar-refractivity contribution in [2.45, 2.75) is 38.9 Å². The smallest absolute Gasteiger partial charge is 0.229 e. The molecule has 0 saturated heterocycles. The minimum Gasteiger partial charge on any atom is -0.388 e. The first-order valence-electron chi connectivity index (χ1n) is 5.39. The monoisotopic (exact) mass is 229 g/mol. The highest BCUT2D eigenvalue weighted by atomic mass is 16.5. The van der Waals surface area contributed by atoms with E-state index in [0.29, 0.717) is 24.9 Å². The molecule has 0 bridgehead atoms. The van der Waals surface area contributed by atoms with Gasteiger partial charge in [-0.05, 0) is 13.3 Å². The van der Waals surface area contributed by atoms with Crippen LogP contribution in [0.1, 0.15) is 32.0 Å². The van der Waals surface area contributed by atoms with Crippen LogP contribution in [-0.2, 0) is 17.8 Å². The number of nitrogens with zero attached hydrogens (tertiary/aromatic N) is 2. The topological polar surface area (TPSA) is 94.4 Å². The molecule has 6 nitrogen and oxygen atoms in total. The van der Waals surface area contributed by atoms with Crippen LogP contribution in [0.3, 0.4) is 0 Å². The Kier molecular flexibility index (Phi) is 4.85. The van der Waals surface area contributed by atoms with Crippen molar-refractivity contribution in [3.05, 3.63) is 11.7 Å². The fourth-order valence-corrected chi connectivity index (χ4v) is 1.13. The second-order valence-electron chi connectivity index (χ2n) is 4.03. The van der Waals surface area contributed by atoms with Gasteiger partial charge in [-0.2, -0.15) is 4.98 Å². The van der Waals surface area contributed by atoms with Crippen molar-refractivity contribution in [2.24, 2.45) is 5.73 Å². The van der Waals surface area contributed by atoms with E-state index in [9.17, 15) is 5.11 Å². The largest absolute Gasteiger partial charge is 0.388 e. The van der Waals surface area contributed by atoms with Crippen LogP contribution in [0.25, 0.3) is 0 Å². The van der Waals surface area contributed by atoms with Crippen LogP contribution in [0.5, 0.6) is 0 Å². The van der Waals surface area contributed by atoms with E-state index >= 15 is 0 Å². The summed E-state index contributed by atoms with van der Waals surface area (Å²) in [5.74, 6) is 0.877. The summed E-state index contributed by atoms with van der Waals surface area (Å²) in [5.41, 5.74) is 4.39. The minimum absolute atomic E-state index is 0.150. The third kappa shape index (κ3) is 4.26. The number of aliphatic hydroxyl groups is 1. The average Bonchev–Trinajstić information content (AvgIpc) is 2.65. The zero-order valence-electron chi connectivity index (χ0n) is 9.77. The first-order chi connectivity index (χ1) is 7.57. The van der Waals surface area contributed by atoms with Gasteiger partial charge in [0.1, 0.15) is 6.61 Å². The van der Waals surface area contributed by atoms with E-state index < -0.39 is 5.60 Å². The van der Waals surface area contributed by atoms with Crippen LogP contribution >= 0.6 is 0 Å². The van der Waals surface area contributed by atoms with E-state index in [4.69, 9.17) is 15.0 Å². The Balaban J connectivity index is 2.45. The lowest BCUT2D eigenvalue weighted by atomic mass is 10.0. The molecule has 3 N–H and O–H groups in total. The van der Waals surface area contributed by atoms with E-state index in [0.717, 1.165) is 6.42 Å². The van der Waals surface area contributed by atoms with Crippen LogP contribution < -0.4 is 5.73 Å². The Labute approximate surface area is 94.8 Å². The van der Waals surface area contributed by atoms with Crippen molar-refractivity contribution in [2.75, 3.05) is 13.2 Å². The van der Waals surface area contributed by atoms with Gasteiger partial charge in [-0.3, -0.25) is 0 Å². The molecule has 1 rings (SSSR count). The molecule has 0 aliphatic heterocycles. The fourth-order valence-electron chi connectivity index (χ4n) is 1.13. The molecule has 16 heavy (non-hydrogen) atoms. The first kappa shape index (κ1) is 13.1. The third-order valence-electron chi connectivity index (χ3n) is 2.06. The Bertz CT molecular complexity index is 312. The van der Waals surface area contributed by atoms with Crippen LogP contribution in [0.4, 0.5) is 0 Å². The molecule has 1 heterocycles. The van der Waals surface area contributed by atoms with Crippen molar-refractivity contribution >= 4 is 0 Å². The highest BCUT2D eigenvalue weighted by Gasteiger charge is 2.22. The van der Waals surface area contributed by atoms with Crippen molar-refractivity contribution in [1.82, 2.24) is 10.1 Å². The molecule has 0 saturated carbocycles. The van der Waals surface area contributed by atoms with Gasteiger partial charge in [0.15, 0.2) is 5.82 Å². The number of hydrogen-bond acceptors (Lipinski definition) is 6. The third-order valence-corrected chi connectivity index (χ3v) is 2.06. The first-order valence-corrected chi connectivity index (χ1v) is 5.39. The summed E-state index contributed by atoms with van der Waals surface area (Å²) < 4.78 is 10.2. The summed E-state index contributed by atoms with van der Waals surface area (Å²) in [6.07, 6.45) is 1.21. The summed E-state index contributed by atoms with van der Waals surface area (Å²) in [4.78, 5) is 4.10.